The fourth-order valence-corrected chi connectivity index (χ4v) is 2.60. The van der Waals surface area contributed by atoms with E-state index in [0.29, 0.717) is 0 Å². The van der Waals surface area contributed by atoms with Gasteiger partial charge in [-0.2, -0.15) is 0 Å². The smallest absolute Gasteiger partial charge is 0.0639 e. The van der Waals surface area contributed by atoms with Crippen molar-refractivity contribution in [3.05, 3.63) is 36.0 Å². The molecule has 3 nitrogen and oxygen atoms in total. The van der Waals surface area contributed by atoms with Crippen LogP contribution in [0, 0.1) is 0 Å². The average molecular weight is 286 g/mol. The standard InChI is InChI=1S/C18H26N2O/c1-18(2,21-3)9-11-20-10-8-15-12-14(4-7-17(15)20)13-19-16-5-6-16/h4,7-8,10,12,16,19H,5-6,9,11,13H2,1-3H3. The van der Waals surface area contributed by atoms with E-state index in [1.54, 1.807) is 7.11 Å². The van der Waals surface area contributed by atoms with E-state index >= 15 is 0 Å². The first kappa shape index (κ1) is 14.6. The lowest BCUT2D eigenvalue weighted by Crippen LogP contribution is -2.24. The lowest BCUT2D eigenvalue weighted by Gasteiger charge is -2.23. The number of methoxy groups -OCH3 is 1. The predicted octanol–water partition coefficient (Wildman–Crippen LogP) is 3.71. The fraction of sp³-hybridized carbons (Fsp3) is 0.556. The molecule has 0 amide bonds. The lowest BCUT2D eigenvalue weighted by atomic mass is 10.1. The number of hydrogen-bond acceptors (Lipinski definition) is 2. The third-order valence-electron chi connectivity index (χ3n) is 4.51. The van der Waals surface area contributed by atoms with Gasteiger partial charge in [0.05, 0.1) is 5.60 Å². The number of benzene rings is 1. The SMILES string of the molecule is COC(C)(C)CCn1ccc2cc(CNC3CC3)ccc21. The molecule has 1 aliphatic rings. The summed E-state index contributed by atoms with van der Waals surface area (Å²) < 4.78 is 7.83. The Labute approximate surface area is 127 Å². The highest BCUT2D eigenvalue weighted by Gasteiger charge is 2.20. The minimum Gasteiger partial charge on any atom is -0.379 e. The zero-order valence-electron chi connectivity index (χ0n) is 13.4. The maximum atomic E-state index is 5.51. The van der Waals surface area contributed by atoms with Crippen LogP contribution in [0.25, 0.3) is 10.9 Å². The highest BCUT2D eigenvalue weighted by Crippen LogP contribution is 2.22. The molecule has 1 heterocycles. The van der Waals surface area contributed by atoms with Gasteiger partial charge in [-0.15, -0.1) is 0 Å². The molecule has 1 fully saturated rings. The Morgan fingerprint density at radius 1 is 1.29 bits per heavy atom. The van der Waals surface area contributed by atoms with Crippen LogP contribution in [-0.2, 0) is 17.8 Å². The number of hydrogen-bond donors (Lipinski definition) is 1. The number of aromatic nitrogens is 1. The van der Waals surface area contributed by atoms with Crippen LogP contribution in [0.15, 0.2) is 30.5 Å². The summed E-state index contributed by atoms with van der Waals surface area (Å²) in [6.45, 7) is 6.26. The molecule has 0 saturated heterocycles. The van der Waals surface area contributed by atoms with Crippen molar-refractivity contribution in [2.45, 2.75) is 57.8 Å². The summed E-state index contributed by atoms with van der Waals surface area (Å²) in [6, 6.07) is 9.79. The largest absolute Gasteiger partial charge is 0.379 e. The molecule has 2 aromatic rings. The number of aryl methyl sites for hydroxylation is 1. The Morgan fingerprint density at radius 2 is 2.10 bits per heavy atom. The summed E-state index contributed by atoms with van der Waals surface area (Å²) in [5, 5.41) is 4.91. The van der Waals surface area contributed by atoms with Crippen molar-refractivity contribution in [1.82, 2.24) is 9.88 Å². The molecule has 1 N–H and O–H groups in total. The van der Waals surface area contributed by atoms with Gasteiger partial charge in [0.25, 0.3) is 0 Å². The summed E-state index contributed by atoms with van der Waals surface area (Å²) in [5.41, 5.74) is 2.63. The zero-order chi connectivity index (χ0) is 14.9. The summed E-state index contributed by atoms with van der Waals surface area (Å²) in [5.74, 6) is 0. The van der Waals surface area contributed by atoms with Crippen molar-refractivity contribution < 1.29 is 4.74 Å². The minimum absolute atomic E-state index is 0.0648. The van der Waals surface area contributed by atoms with E-state index in [9.17, 15) is 0 Å². The summed E-state index contributed by atoms with van der Waals surface area (Å²) in [7, 11) is 1.78. The van der Waals surface area contributed by atoms with E-state index in [4.69, 9.17) is 4.74 Å². The van der Waals surface area contributed by atoms with Crippen molar-refractivity contribution in [1.29, 1.82) is 0 Å². The van der Waals surface area contributed by atoms with Crippen LogP contribution >= 0.6 is 0 Å². The third kappa shape index (κ3) is 3.66. The highest BCUT2D eigenvalue weighted by atomic mass is 16.5. The molecular weight excluding hydrogens is 260 g/mol. The number of nitrogens with zero attached hydrogens (tertiary/aromatic N) is 1. The van der Waals surface area contributed by atoms with Gasteiger partial charge in [-0.3, -0.25) is 0 Å². The Kier molecular flexibility index (Phi) is 4.05. The first-order valence-corrected chi connectivity index (χ1v) is 7.94. The van der Waals surface area contributed by atoms with Gasteiger partial charge in [-0.1, -0.05) is 6.07 Å². The quantitative estimate of drug-likeness (QED) is 0.840. The molecule has 0 unspecified atom stereocenters. The van der Waals surface area contributed by atoms with Gasteiger partial charge in [0.1, 0.15) is 0 Å². The van der Waals surface area contributed by atoms with Gasteiger partial charge in [-0.25, -0.2) is 0 Å². The Balaban J connectivity index is 1.69. The van der Waals surface area contributed by atoms with Crippen molar-refractivity contribution in [2.24, 2.45) is 0 Å². The van der Waals surface area contributed by atoms with Gasteiger partial charge in [0, 0.05) is 38.0 Å². The topological polar surface area (TPSA) is 26.2 Å². The molecule has 1 aliphatic carbocycles. The Hall–Kier alpha value is -1.32. The Bertz CT molecular complexity index is 611. The lowest BCUT2D eigenvalue weighted by molar-refractivity contribution is 0.0123. The predicted molar refractivity (Wildman–Crippen MR) is 87.5 cm³/mol. The van der Waals surface area contributed by atoms with Crippen LogP contribution in [-0.4, -0.2) is 23.3 Å². The first-order valence-electron chi connectivity index (χ1n) is 7.94. The van der Waals surface area contributed by atoms with Crippen molar-refractivity contribution >= 4 is 10.9 Å². The molecule has 1 aromatic heterocycles. The summed E-state index contributed by atoms with van der Waals surface area (Å²) >= 11 is 0. The second-order valence-electron chi connectivity index (χ2n) is 6.77. The van der Waals surface area contributed by atoms with E-state index in [0.717, 1.165) is 25.6 Å². The number of nitrogens with one attached hydrogen (secondary N) is 1. The van der Waals surface area contributed by atoms with Crippen LogP contribution in [0.2, 0.25) is 0 Å². The van der Waals surface area contributed by atoms with Crippen molar-refractivity contribution in [2.75, 3.05) is 7.11 Å². The number of fused-ring (bicyclic) bond motifs is 1. The fourth-order valence-electron chi connectivity index (χ4n) is 2.60. The number of ether oxygens (including phenoxy) is 1. The van der Waals surface area contributed by atoms with Gasteiger partial charge in [-0.05, 0) is 62.3 Å². The van der Waals surface area contributed by atoms with Crippen LogP contribution in [0.3, 0.4) is 0 Å². The highest BCUT2D eigenvalue weighted by molar-refractivity contribution is 5.80. The van der Waals surface area contributed by atoms with E-state index in [1.165, 1.54) is 29.3 Å². The summed E-state index contributed by atoms with van der Waals surface area (Å²) in [6.07, 6.45) is 5.88. The van der Waals surface area contributed by atoms with E-state index in [-0.39, 0.29) is 5.60 Å². The van der Waals surface area contributed by atoms with Gasteiger partial charge < -0.3 is 14.6 Å². The van der Waals surface area contributed by atoms with Crippen molar-refractivity contribution in [3.8, 4) is 0 Å². The molecule has 0 radical (unpaired) electrons. The molecule has 3 rings (SSSR count). The average Bonchev–Trinajstić information content (AvgIpc) is 3.22. The first-order chi connectivity index (χ1) is 10.1. The second kappa shape index (κ2) is 5.82. The third-order valence-corrected chi connectivity index (χ3v) is 4.51. The molecule has 0 spiro atoms. The Morgan fingerprint density at radius 3 is 2.81 bits per heavy atom. The van der Waals surface area contributed by atoms with Gasteiger partial charge in [0.15, 0.2) is 0 Å². The second-order valence-corrected chi connectivity index (χ2v) is 6.77. The van der Waals surface area contributed by atoms with E-state index in [2.05, 4.69) is 54.2 Å². The van der Waals surface area contributed by atoms with Crippen LogP contribution in [0.1, 0.15) is 38.7 Å². The normalized spacial score (nSPS) is 15.8. The molecule has 1 aromatic carbocycles. The molecule has 3 heteroatoms. The monoisotopic (exact) mass is 286 g/mol. The zero-order valence-corrected chi connectivity index (χ0v) is 13.4. The van der Waals surface area contributed by atoms with Crippen LogP contribution in [0.4, 0.5) is 0 Å². The molecule has 114 valence electrons. The van der Waals surface area contributed by atoms with E-state index in [1.807, 2.05) is 0 Å². The summed E-state index contributed by atoms with van der Waals surface area (Å²) in [4.78, 5) is 0. The van der Waals surface area contributed by atoms with Crippen molar-refractivity contribution in [3.63, 3.8) is 0 Å². The molecule has 0 aliphatic heterocycles. The number of rotatable bonds is 7. The molecule has 1 saturated carbocycles. The van der Waals surface area contributed by atoms with Gasteiger partial charge >= 0.3 is 0 Å². The van der Waals surface area contributed by atoms with Gasteiger partial charge in [0.2, 0.25) is 0 Å². The molecule has 0 atom stereocenters. The molecule has 21 heavy (non-hydrogen) atoms. The van der Waals surface area contributed by atoms with Crippen LogP contribution in [0.5, 0.6) is 0 Å². The van der Waals surface area contributed by atoms with Crippen LogP contribution < -0.4 is 5.32 Å². The molecular formula is C18H26N2O. The molecule has 0 bridgehead atoms. The maximum Gasteiger partial charge on any atom is 0.0639 e. The van der Waals surface area contributed by atoms with E-state index < -0.39 is 0 Å². The minimum atomic E-state index is -0.0648. The maximum absolute atomic E-state index is 5.51.